The summed E-state index contributed by atoms with van der Waals surface area (Å²) in [5.74, 6) is 0.538. The Balaban J connectivity index is 1.54. The standard InChI is InChI=1S/C17H23N5O/c1-13-7-19-12-22(17(13)23)10-15-3-5-21(6-4-15)11-16-9-18-8-14(2)20-16/h7-9,12,15H,3-6,10-11H2,1-2H3. The van der Waals surface area contributed by atoms with Gasteiger partial charge < -0.3 is 0 Å². The van der Waals surface area contributed by atoms with Crippen LogP contribution in [0.2, 0.25) is 0 Å². The third-order valence-corrected chi connectivity index (χ3v) is 4.42. The molecule has 1 saturated heterocycles. The van der Waals surface area contributed by atoms with Crippen molar-refractivity contribution in [1.82, 2.24) is 24.4 Å². The lowest BCUT2D eigenvalue weighted by Crippen LogP contribution is -2.36. The maximum Gasteiger partial charge on any atom is 0.256 e. The molecule has 0 unspecified atom stereocenters. The Hall–Kier alpha value is -2.08. The third kappa shape index (κ3) is 4.01. The fourth-order valence-corrected chi connectivity index (χ4v) is 3.12. The summed E-state index contributed by atoms with van der Waals surface area (Å²) in [6, 6.07) is 0. The summed E-state index contributed by atoms with van der Waals surface area (Å²) in [5, 5.41) is 0. The molecule has 0 spiro atoms. The first-order valence-electron chi connectivity index (χ1n) is 8.13. The predicted octanol–water partition coefficient (Wildman–Crippen LogP) is 1.56. The van der Waals surface area contributed by atoms with Gasteiger partial charge in [-0.2, -0.15) is 0 Å². The van der Waals surface area contributed by atoms with Gasteiger partial charge in [0.05, 0.1) is 17.7 Å². The molecular weight excluding hydrogens is 290 g/mol. The number of likely N-dealkylation sites (tertiary alicyclic amines) is 1. The second kappa shape index (κ2) is 7.00. The first kappa shape index (κ1) is 15.8. The largest absolute Gasteiger partial charge is 0.299 e. The van der Waals surface area contributed by atoms with Crippen LogP contribution in [0.15, 0.2) is 29.7 Å². The topological polar surface area (TPSA) is 63.9 Å². The van der Waals surface area contributed by atoms with Crippen molar-refractivity contribution in [2.45, 2.75) is 39.8 Å². The Morgan fingerprint density at radius 3 is 2.65 bits per heavy atom. The summed E-state index contributed by atoms with van der Waals surface area (Å²) in [7, 11) is 0. The Morgan fingerprint density at radius 2 is 1.91 bits per heavy atom. The molecule has 0 amide bonds. The molecule has 2 aromatic rings. The fraction of sp³-hybridized carbons (Fsp3) is 0.529. The number of aryl methyl sites for hydroxylation is 2. The number of hydrogen-bond donors (Lipinski definition) is 0. The number of rotatable bonds is 4. The number of piperidine rings is 1. The molecule has 6 nitrogen and oxygen atoms in total. The Morgan fingerprint density at radius 1 is 1.13 bits per heavy atom. The van der Waals surface area contributed by atoms with Gasteiger partial charge in [-0.05, 0) is 45.7 Å². The van der Waals surface area contributed by atoms with Crippen LogP contribution in [0.5, 0.6) is 0 Å². The van der Waals surface area contributed by atoms with E-state index in [0.29, 0.717) is 11.5 Å². The maximum absolute atomic E-state index is 12.1. The highest BCUT2D eigenvalue weighted by Gasteiger charge is 2.20. The van der Waals surface area contributed by atoms with E-state index in [1.807, 2.05) is 20.0 Å². The van der Waals surface area contributed by atoms with Gasteiger partial charge in [-0.15, -0.1) is 0 Å². The van der Waals surface area contributed by atoms with Crippen LogP contribution in [-0.2, 0) is 13.1 Å². The Bertz CT molecular complexity index is 719. The van der Waals surface area contributed by atoms with Gasteiger partial charge in [0.25, 0.3) is 5.56 Å². The van der Waals surface area contributed by atoms with E-state index < -0.39 is 0 Å². The summed E-state index contributed by atoms with van der Waals surface area (Å²) in [6.45, 7) is 7.48. The van der Waals surface area contributed by atoms with E-state index >= 15 is 0 Å². The maximum atomic E-state index is 12.1. The average Bonchev–Trinajstić information content (AvgIpc) is 2.54. The second-order valence-corrected chi connectivity index (χ2v) is 6.41. The summed E-state index contributed by atoms with van der Waals surface area (Å²) >= 11 is 0. The van der Waals surface area contributed by atoms with Crippen molar-refractivity contribution in [3.63, 3.8) is 0 Å². The molecule has 1 aliphatic rings. The molecule has 1 fully saturated rings. The van der Waals surface area contributed by atoms with E-state index in [4.69, 9.17) is 0 Å². The smallest absolute Gasteiger partial charge is 0.256 e. The van der Waals surface area contributed by atoms with Crippen molar-refractivity contribution >= 4 is 0 Å². The molecule has 1 aliphatic heterocycles. The molecule has 0 N–H and O–H groups in total. The molecule has 0 aliphatic carbocycles. The van der Waals surface area contributed by atoms with Crippen molar-refractivity contribution in [1.29, 1.82) is 0 Å². The molecule has 3 heterocycles. The Kier molecular flexibility index (Phi) is 4.81. The van der Waals surface area contributed by atoms with Crippen molar-refractivity contribution < 1.29 is 0 Å². The van der Waals surface area contributed by atoms with Crippen LogP contribution in [-0.4, -0.2) is 37.5 Å². The zero-order valence-corrected chi connectivity index (χ0v) is 13.8. The lowest BCUT2D eigenvalue weighted by molar-refractivity contribution is 0.164. The van der Waals surface area contributed by atoms with Gasteiger partial charge in [-0.3, -0.25) is 24.2 Å². The van der Waals surface area contributed by atoms with Gasteiger partial charge in [0.1, 0.15) is 0 Å². The van der Waals surface area contributed by atoms with E-state index in [2.05, 4.69) is 19.9 Å². The van der Waals surface area contributed by atoms with E-state index in [9.17, 15) is 4.79 Å². The van der Waals surface area contributed by atoms with Crippen LogP contribution in [0.1, 0.15) is 29.8 Å². The number of aromatic nitrogens is 4. The molecule has 3 rings (SSSR count). The molecule has 0 atom stereocenters. The van der Waals surface area contributed by atoms with Crippen molar-refractivity contribution in [2.75, 3.05) is 13.1 Å². The Labute approximate surface area is 136 Å². The van der Waals surface area contributed by atoms with E-state index in [0.717, 1.165) is 50.4 Å². The highest BCUT2D eigenvalue weighted by Crippen LogP contribution is 2.19. The minimum absolute atomic E-state index is 0.0810. The van der Waals surface area contributed by atoms with Gasteiger partial charge in [0.2, 0.25) is 0 Å². The predicted molar refractivity (Wildman–Crippen MR) is 88.0 cm³/mol. The van der Waals surface area contributed by atoms with Crippen LogP contribution in [0.25, 0.3) is 0 Å². The zero-order chi connectivity index (χ0) is 16.2. The molecule has 122 valence electrons. The molecular formula is C17H23N5O. The normalized spacial score (nSPS) is 16.6. The first-order chi connectivity index (χ1) is 11.1. The van der Waals surface area contributed by atoms with Crippen LogP contribution < -0.4 is 5.56 Å². The minimum Gasteiger partial charge on any atom is -0.299 e. The van der Waals surface area contributed by atoms with E-state index in [1.165, 1.54) is 0 Å². The highest BCUT2D eigenvalue weighted by atomic mass is 16.1. The third-order valence-electron chi connectivity index (χ3n) is 4.42. The van der Waals surface area contributed by atoms with Crippen LogP contribution in [0.4, 0.5) is 0 Å². The molecule has 0 radical (unpaired) electrons. The molecule has 23 heavy (non-hydrogen) atoms. The molecule has 0 saturated carbocycles. The number of hydrogen-bond acceptors (Lipinski definition) is 5. The van der Waals surface area contributed by atoms with E-state index in [1.54, 1.807) is 23.3 Å². The van der Waals surface area contributed by atoms with Gasteiger partial charge in [0, 0.05) is 37.2 Å². The van der Waals surface area contributed by atoms with Crippen LogP contribution in [0.3, 0.4) is 0 Å². The van der Waals surface area contributed by atoms with Gasteiger partial charge in [0.15, 0.2) is 0 Å². The first-order valence-corrected chi connectivity index (χ1v) is 8.13. The second-order valence-electron chi connectivity index (χ2n) is 6.41. The minimum atomic E-state index is 0.0810. The zero-order valence-electron chi connectivity index (χ0n) is 13.8. The summed E-state index contributed by atoms with van der Waals surface area (Å²) in [4.78, 5) is 27.3. The summed E-state index contributed by atoms with van der Waals surface area (Å²) in [6.07, 6.45) is 9.11. The molecule has 6 heteroatoms. The van der Waals surface area contributed by atoms with Gasteiger partial charge in [-0.25, -0.2) is 4.98 Å². The monoisotopic (exact) mass is 313 g/mol. The van der Waals surface area contributed by atoms with Crippen molar-refractivity contribution in [2.24, 2.45) is 5.92 Å². The molecule has 0 aromatic carbocycles. The number of nitrogens with zero attached hydrogens (tertiary/aromatic N) is 5. The molecule has 2 aromatic heterocycles. The highest BCUT2D eigenvalue weighted by molar-refractivity contribution is 5.02. The fourth-order valence-electron chi connectivity index (χ4n) is 3.12. The lowest BCUT2D eigenvalue weighted by atomic mass is 9.96. The summed E-state index contributed by atoms with van der Waals surface area (Å²) < 4.78 is 1.75. The van der Waals surface area contributed by atoms with Crippen molar-refractivity contribution in [3.05, 3.63) is 52.2 Å². The van der Waals surface area contributed by atoms with Crippen LogP contribution in [0, 0.1) is 19.8 Å². The van der Waals surface area contributed by atoms with Crippen molar-refractivity contribution in [3.8, 4) is 0 Å². The van der Waals surface area contributed by atoms with Crippen LogP contribution >= 0.6 is 0 Å². The lowest BCUT2D eigenvalue weighted by Gasteiger charge is -2.31. The van der Waals surface area contributed by atoms with Gasteiger partial charge in [-0.1, -0.05) is 0 Å². The summed E-state index contributed by atoms with van der Waals surface area (Å²) in [5.41, 5.74) is 2.78. The molecule has 0 bridgehead atoms. The average molecular weight is 313 g/mol. The SMILES string of the molecule is Cc1cncc(CN2CCC(Cn3cncc(C)c3=O)CC2)n1. The van der Waals surface area contributed by atoms with Gasteiger partial charge >= 0.3 is 0 Å². The quantitative estimate of drug-likeness (QED) is 0.857. The van der Waals surface area contributed by atoms with E-state index in [-0.39, 0.29) is 5.56 Å².